The van der Waals surface area contributed by atoms with Gasteiger partial charge in [-0.15, -0.1) is 0 Å². The minimum Gasteiger partial charge on any atom is -0.481 e. The van der Waals surface area contributed by atoms with Crippen LogP contribution in [0.5, 0.6) is 0 Å². The summed E-state index contributed by atoms with van der Waals surface area (Å²) in [5.74, 6) is -2.05. The maximum absolute atomic E-state index is 12.1. The minimum atomic E-state index is -1.10. The summed E-state index contributed by atoms with van der Waals surface area (Å²) < 4.78 is 5.19. The predicted octanol–water partition coefficient (Wildman–Crippen LogP) is 6.05. The quantitative estimate of drug-likeness (QED) is 0.114. The number of aliphatic carboxylic acids is 2. The second kappa shape index (κ2) is 24.7. The summed E-state index contributed by atoms with van der Waals surface area (Å²) in [6, 6.07) is -1.01. The summed E-state index contributed by atoms with van der Waals surface area (Å²) in [6.45, 7) is 3.04. The highest BCUT2D eigenvalue weighted by atomic mass is 16.5. The summed E-state index contributed by atoms with van der Waals surface area (Å²) in [6.07, 6.45) is 17.5. The second-order valence-electron chi connectivity index (χ2n) is 9.68. The first-order chi connectivity index (χ1) is 17.4. The molecule has 0 fully saturated rings. The highest BCUT2D eigenvalue weighted by Gasteiger charge is 2.20. The Kier molecular flexibility index (Phi) is 23.4. The van der Waals surface area contributed by atoms with E-state index >= 15 is 0 Å². The summed E-state index contributed by atoms with van der Waals surface area (Å²) >= 11 is 0. The van der Waals surface area contributed by atoms with E-state index in [1.54, 1.807) is 0 Å². The van der Waals surface area contributed by atoms with Gasteiger partial charge < -0.3 is 20.3 Å². The molecule has 210 valence electrons. The van der Waals surface area contributed by atoms with Crippen LogP contribution in [0.15, 0.2) is 0 Å². The zero-order valence-corrected chi connectivity index (χ0v) is 22.6. The maximum Gasteiger partial charge on any atom is 0.326 e. The molecule has 0 saturated carbocycles. The third-order valence-electron chi connectivity index (χ3n) is 6.34. The smallest absolute Gasteiger partial charge is 0.326 e. The molecule has 0 aliphatic heterocycles. The first kappa shape index (κ1) is 34.0. The lowest BCUT2D eigenvalue weighted by Gasteiger charge is -2.14. The molecule has 0 rings (SSSR count). The Labute approximate surface area is 217 Å². The Morgan fingerprint density at radius 3 is 1.56 bits per heavy atom. The fourth-order valence-electron chi connectivity index (χ4n) is 4.15. The van der Waals surface area contributed by atoms with Gasteiger partial charge in [-0.25, -0.2) is 4.79 Å². The molecule has 1 amide bonds. The van der Waals surface area contributed by atoms with Crippen molar-refractivity contribution in [2.24, 2.45) is 0 Å². The normalized spacial score (nSPS) is 11.8. The molecule has 0 aromatic carbocycles. The Balaban J connectivity index is 3.60. The lowest BCUT2D eigenvalue weighted by molar-refractivity contribution is -0.142. The van der Waals surface area contributed by atoms with Crippen LogP contribution in [0.1, 0.15) is 135 Å². The van der Waals surface area contributed by atoms with Crippen molar-refractivity contribution in [3.05, 3.63) is 0 Å². The second-order valence-corrected chi connectivity index (χ2v) is 9.68. The Bertz CT molecular complexity index is 594. The average Bonchev–Trinajstić information content (AvgIpc) is 2.83. The lowest BCUT2D eigenvalue weighted by atomic mass is 10.0. The van der Waals surface area contributed by atoms with Crippen molar-refractivity contribution >= 4 is 23.6 Å². The van der Waals surface area contributed by atoms with Crippen molar-refractivity contribution < 1.29 is 34.1 Å². The number of Topliss-reactive ketones (excluding diaryl/α,β-unsaturated/α-hetero) is 1. The van der Waals surface area contributed by atoms with Crippen LogP contribution in [-0.4, -0.2) is 53.1 Å². The Morgan fingerprint density at radius 2 is 1.11 bits per heavy atom. The first-order valence-corrected chi connectivity index (χ1v) is 14.2. The molecule has 0 saturated heterocycles. The van der Waals surface area contributed by atoms with E-state index in [1.807, 2.05) is 6.92 Å². The molecular formula is C28H51NO7. The Hall–Kier alpha value is -1.96. The predicted molar refractivity (Wildman–Crippen MR) is 141 cm³/mol. The molecular weight excluding hydrogens is 462 g/mol. The van der Waals surface area contributed by atoms with Gasteiger partial charge in [0, 0.05) is 38.9 Å². The summed E-state index contributed by atoms with van der Waals surface area (Å²) in [5.41, 5.74) is 0. The number of carbonyl (C=O) groups is 4. The molecule has 8 heteroatoms. The molecule has 0 heterocycles. The van der Waals surface area contributed by atoms with Crippen LogP contribution in [0.2, 0.25) is 0 Å². The van der Waals surface area contributed by atoms with Crippen molar-refractivity contribution in [2.45, 2.75) is 141 Å². The number of ether oxygens (including phenoxy) is 1. The van der Waals surface area contributed by atoms with E-state index in [2.05, 4.69) is 5.32 Å². The average molecular weight is 514 g/mol. The van der Waals surface area contributed by atoms with Crippen LogP contribution < -0.4 is 5.32 Å². The van der Waals surface area contributed by atoms with Gasteiger partial charge in [0.15, 0.2) is 0 Å². The van der Waals surface area contributed by atoms with Gasteiger partial charge in [0.25, 0.3) is 0 Å². The van der Waals surface area contributed by atoms with E-state index in [1.165, 1.54) is 44.9 Å². The van der Waals surface area contributed by atoms with E-state index < -0.39 is 18.0 Å². The molecule has 0 aromatic rings. The minimum absolute atomic E-state index is 0.000154. The lowest BCUT2D eigenvalue weighted by Crippen LogP contribution is -2.41. The number of carboxylic acid groups (broad SMARTS) is 2. The molecule has 1 atom stereocenters. The standard InChI is InChI=1S/C28H51NO7/c1-2-36-23-17-18-24(30)21-22-25(28(34)35)29-26(31)19-15-13-11-9-7-5-3-4-6-8-10-12-14-16-20-27(32)33/h25H,2-23H2,1H3,(H,29,31)(H,32,33)(H,34,35)/t25-/m0/s1. The zero-order chi connectivity index (χ0) is 26.9. The first-order valence-electron chi connectivity index (χ1n) is 14.2. The van der Waals surface area contributed by atoms with Gasteiger partial charge in [-0.2, -0.15) is 0 Å². The van der Waals surface area contributed by atoms with Gasteiger partial charge in [0.1, 0.15) is 11.8 Å². The number of rotatable bonds is 27. The fourth-order valence-corrected chi connectivity index (χ4v) is 4.15. The summed E-state index contributed by atoms with van der Waals surface area (Å²) in [7, 11) is 0. The third kappa shape index (κ3) is 23.8. The van der Waals surface area contributed by atoms with Crippen LogP contribution in [0.4, 0.5) is 0 Å². The van der Waals surface area contributed by atoms with Crippen LogP contribution in [0.25, 0.3) is 0 Å². The number of carbonyl (C=O) groups excluding carboxylic acids is 2. The number of hydrogen-bond acceptors (Lipinski definition) is 5. The number of ketones is 1. The van der Waals surface area contributed by atoms with E-state index in [-0.39, 0.29) is 31.0 Å². The van der Waals surface area contributed by atoms with Gasteiger partial charge >= 0.3 is 11.9 Å². The number of unbranched alkanes of at least 4 members (excludes halogenated alkanes) is 13. The van der Waals surface area contributed by atoms with Crippen molar-refractivity contribution in [3.63, 3.8) is 0 Å². The van der Waals surface area contributed by atoms with Gasteiger partial charge in [0.2, 0.25) is 5.91 Å². The van der Waals surface area contributed by atoms with Crippen LogP contribution in [0.3, 0.4) is 0 Å². The van der Waals surface area contributed by atoms with Gasteiger partial charge in [-0.3, -0.25) is 14.4 Å². The maximum atomic E-state index is 12.1. The van der Waals surface area contributed by atoms with Gasteiger partial charge in [-0.1, -0.05) is 77.0 Å². The molecule has 0 unspecified atom stereocenters. The SMILES string of the molecule is CCOCCCC(=O)CC[C@H](NC(=O)CCCCCCCCCCCCCCCCC(=O)O)C(=O)O. The molecule has 0 aromatic heterocycles. The van der Waals surface area contributed by atoms with Crippen molar-refractivity contribution in [2.75, 3.05) is 13.2 Å². The van der Waals surface area contributed by atoms with Gasteiger partial charge in [-0.05, 0) is 32.6 Å². The van der Waals surface area contributed by atoms with Crippen LogP contribution >= 0.6 is 0 Å². The number of carboxylic acids is 2. The molecule has 0 radical (unpaired) electrons. The topological polar surface area (TPSA) is 130 Å². The molecule has 36 heavy (non-hydrogen) atoms. The van der Waals surface area contributed by atoms with E-state index in [0.717, 1.165) is 44.9 Å². The monoisotopic (exact) mass is 513 g/mol. The third-order valence-corrected chi connectivity index (χ3v) is 6.34. The molecule has 0 bridgehead atoms. The number of nitrogens with one attached hydrogen (secondary N) is 1. The molecule has 0 aliphatic carbocycles. The highest BCUT2D eigenvalue weighted by Crippen LogP contribution is 2.14. The Morgan fingerprint density at radius 1 is 0.639 bits per heavy atom. The van der Waals surface area contributed by atoms with E-state index in [0.29, 0.717) is 32.5 Å². The molecule has 3 N–H and O–H groups in total. The van der Waals surface area contributed by atoms with Gasteiger partial charge in [0.05, 0.1) is 0 Å². The van der Waals surface area contributed by atoms with Crippen molar-refractivity contribution in [1.29, 1.82) is 0 Å². The number of hydrogen-bond donors (Lipinski definition) is 3. The fraction of sp³-hybridized carbons (Fsp3) is 0.857. The summed E-state index contributed by atoms with van der Waals surface area (Å²) in [4.78, 5) is 45.9. The summed E-state index contributed by atoms with van der Waals surface area (Å²) in [5, 5.41) is 20.5. The van der Waals surface area contributed by atoms with Crippen LogP contribution in [0, 0.1) is 0 Å². The van der Waals surface area contributed by atoms with E-state index in [4.69, 9.17) is 9.84 Å². The molecule has 8 nitrogen and oxygen atoms in total. The largest absolute Gasteiger partial charge is 0.481 e. The van der Waals surface area contributed by atoms with E-state index in [9.17, 15) is 24.3 Å². The van der Waals surface area contributed by atoms with Crippen molar-refractivity contribution in [3.8, 4) is 0 Å². The number of amides is 1. The molecule has 0 spiro atoms. The van der Waals surface area contributed by atoms with Crippen molar-refractivity contribution in [1.82, 2.24) is 5.32 Å². The zero-order valence-electron chi connectivity index (χ0n) is 22.6. The molecule has 0 aliphatic rings. The highest BCUT2D eigenvalue weighted by molar-refractivity contribution is 5.84. The van der Waals surface area contributed by atoms with Crippen LogP contribution in [-0.2, 0) is 23.9 Å².